The summed E-state index contributed by atoms with van der Waals surface area (Å²) >= 11 is 2.11. The Kier molecular flexibility index (Phi) is 3.72. The van der Waals surface area contributed by atoms with Crippen LogP contribution in [0.1, 0.15) is 12.8 Å². The number of hydrogen-bond donors (Lipinski definition) is 1. The number of nitrogens with one attached hydrogen (secondary N) is 1. The lowest BCUT2D eigenvalue weighted by Crippen LogP contribution is -2.52. The van der Waals surface area contributed by atoms with E-state index in [0.717, 1.165) is 12.1 Å². The molecule has 0 spiro atoms. The quantitative estimate of drug-likeness (QED) is 0.774. The molecule has 0 aromatic heterocycles. The first kappa shape index (κ1) is 11.3. The van der Waals surface area contributed by atoms with Crippen LogP contribution in [0, 0.1) is 0 Å². The van der Waals surface area contributed by atoms with E-state index in [0.29, 0.717) is 0 Å². The third kappa shape index (κ3) is 2.92. The first-order chi connectivity index (χ1) is 7.92. The second-order valence-electron chi connectivity index (χ2n) is 5.29. The van der Waals surface area contributed by atoms with Crippen LogP contribution in [-0.4, -0.2) is 72.7 Å². The standard InChI is InChI=1S/C12H23N3S/c1-2-12(1)15-6-4-14(5-7-15)9-11-10-16-8-3-13-11/h11-13H,1-10H2. The van der Waals surface area contributed by atoms with E-state index < -0.39 is 0 Å². The largest absolute Gasteiger partial charge is 0.311 e. The van der Waals surface area contributed by atoms with Gasteiger partial charge in [0.25, 0.3) is 0 Å². The Labute approximate surface area is 103 Å². The second kappa shape index (κ2) is 5.25. The van der Waals surface area contributed by atoms with Crippen LogP contribution in [0.25, 0.3) is 0 Å². The first-order valence-electron chi connectivity index (χ1n) is 6.69. The van der Waals surface area contributed by atoms with Crippen molar-refractivity contribution < 1.29 is 0 Å². The lowest BCUT2D eigenvalue weighted by Gasteiger charge is -2.37. The maximum Gasteiger partial charge on any atom is 0.0285 e. The lowest BCUT2D eigenvalue weighted by atomic mass is 10.2. The first-order valence-corrected chi connectivity index (χ1v) is 7.85. The van der Waals surface area contributed by atoms with Crippen molar-refractivity contribution in [2.24, 2.45) is 0 Å². The molecular formula is C12H23N3S. The normalized spacial score (nSPS) is 34.1. The minimum atomic E-state index is 0.742. The number of piperazine rings is 1. The van der Waals surface area contributed by atoms with Crippen LogP contribution in [0.2, 0.25) is 0 Å². The summed E-state index contributed by atoms with van der Waals surface area (Å²) in [4.78, 5) is 5.35. The Balaban J connectivity index is 1.39. The summed E-state index contributed by atoms with van der Waals surface area (Å²) < 4.78 is 0. The van der Waals surface area contributed by atoms with Crippen LogP contribution < -0.4 is 5.32 Å². The number of nitrogens with zero attached hydrogens (tertiary/aromatic N) is 2. The van der Waals surface area contributed by atoms with Gasteiger partial charge in [0.15, 0.2) is 0 Å². The molecule has 16 heavy (non-hydrogen) atoms. The predicted octanol–water partition coefficient (Wildman–Crippen LogP) is 0.471. The van der Waals surface area contributed by atoms with Gasteiger partial charge in [-0.05, 0) is 12.8 Å². The topological polar surface area (TPSA) is 18.5 Å². The molecule has 3 fully saturated rings. The molecule has 1 atom stereocenters. The maximum absolute atomic E-state index is 3.64. The van der Waals surface area contributed by atoms with E-state index in [2.05, 4.69) is 26.9 Å². The van der Waals surface area contributed by atoms with E-state index in [4.69, 9.17) is 0 Å². The van der Waals surface area contributed by atoms with Crippen molar-refractivity contribution in [3.63, 3.8) is 0 Å². The molecule has 1 unspecified atom stereocenters. The summed E-state index contributed by atoms with van der Waals surface area (Å²) in [5.41, 5.74) is 0. The Bertz CT molecular complexity index is 218. The zero-order valence-corrected chi connectivity index (χ0v) is 10.8. The van der Waals surface area contributed by atoms with Crippen molar-refractivity contribution in [1.82, 2.24) is 15.1 Å². The molecule has 0 aromatic carbocycles. The smallest absolute Gasteiger partial charge is 0.0285 e. The van der Waals surface area contributed by atoms with Gasteiger partial charge in [-0.25, -0.2) is 0 Å². The Morgan fingerprint density at radius 2 is 1.94 bits per heavy atom. The highest BCUT2D eigenvalue weighted by Gasteiger charge is 2.31. The van der Waals surface area contributed by atoms with Crippen molar-refractivity contribution >= 4 is 11.8 Å². The molecule has 1 N–H and O–H groups in total. The fraction of sp³-hybridized carbons (Fsp3) is 1.00. The van der Waals surface area contributed by atoms with E-state index in [1.165, 1.54) is 63.6 Å². The summed E-state index contributed by atoms with van der Waals surface area (Å²) in [5.74, 6) is 2.61. The van der Waals surface area contributed by atoms with Crippen molar-refractivity contribution in [2.75, 3.05) is 50.8 Å². The second-order valence-corrected chi connectivity index (χ2v) is 6.44. The summed E-state index contributed by atoms with van der Waals surface area (Å²) in [6.07, 6.45) is 2.92. The summed E-state index contributed by atoms with van der Waals surface area (Å²) in [5, 5.41) is 3.64. The highest BCUT2D eigenvalue weighted by molar-refractivity contribution is 7.99. The predicted molar refractivity (Wildman–Crippen MR) is 70.2 cm³/mol. The molecule has 1 saturated carbocycles. The molecule has 3 rings (SSSR count). The van der Waals surface area contributed by atoms with Gasteiger partial charge < -0.3 is 5.32 Å². The minimum Gasteiger partial charge on any atom is -0.311 e. The molecule has 0 aromatic rings. The Morgan fingerprint density at radius 3 is 2.56 bits per heavy atom. The lowest BCUT2D eigenvalue weighted by molar-refractivity contribution is 0.120. The van der Waals surface area contributed by atoms with Gasteiger partial charge in [0.2, 0.25) is 0 Å². The average molecular weight is 241 g/mol. The number of thioether (sulfide) groups is 1. The number of hydrogen-bond acceptors (Lipinski definition) is 4. The molecule has 2 saturated heterocycles. The van der Waals surface area contributed by atoms with Crippen molar-refractivity contribution in [1.29, 1.82) is 0 Å². The van der Waals surface area contributed by atoms with Crippen molar-refractivity contribution in [3.8, 4) is 0 Å². The van der Waals surface area contributed by atoms with Crippen LogP contribution in [0.3, 0.4) is 0 Å². The van der Waals surface area contributed by atoms with Gasteiger partial charge in [-0.1, -0.05) is 0 Å². The number of rotatable bonds is 3. The van der Waals surface area contributed by atoms with Crippen LogP contribution in [0.15, 0.2) is 0 Å². The third-order valence-corrected chi connectivity index (χ3v) is 5.08. The fourth-order valence-corrected chi connectivity index (χ4v) is 3.74. The molecule has 1 aliphatic carbocycles. The molecule has 2 heterocycles. The van der Waals surface area contributed by atoms with Gasteiger partial charge in [0, 0.05) is 62.9 Å². The molecule has 3 nitrogen and oxygen atoms in total. The van der Waals surface area contributed by atoms with E-state index >= 15 is 0 Å². The zero-order chi connectivity index (χ0) is 10.8. The molecule has 4 heteroatoms. The molecule has 0 amide bonds. The van der Waals surface area contributed by atoms with E-state index in [9.17, 15) is 0 Å². The third-order valence-electron chi connectivity index (χ3n) is 3.95. The molecule has 0 bridgehead atoms. The van der Waals surface area contributed by atoms with Crippen molar-refractivity contribution in [2.45, 2.75) is 24.9 Å². The summed E-state index contributed by atoms with van der Waals surface area (Å²) in [6, 6.07) is 1.71. The summed E-state index contributed by atoms with van der Waals surface area (Å²) in [6.45, 7) is 7.68. The molecule has 2 aliphatic heterocycles. The van der Waals surface area contributed by atoms with Crippen molar-refractivity contribution in [3.05, 3.63) is 0 Å². The molecular weight excluding hydrogens is 218 g/mol. The Hall–Kier alpha value is 0.230. The van der Waals surface area contributed by atoms with Crippen LogP contribution in [0.5, 0.6) is 0 Å². The van der Waals surface area contributed by atoms with Crippen LogP contribution in [0.4, 0.5) is 0 Å². The summed E-state index contributed by atoms with van der Waals surface area (Å²) in [7, 11) is 0. The van der Waals surface area contributed by atoms with Gasteiger partial charge in [-0.15, -0.1) is 0 Å². The zero-order valence-electron chi connectivity index (χ0n) is 10.0. The van der Waals surface area contributed by atoms with Gasteiger partial charge in [-0.2, -0.15) is 11.8 Å². The van der Waals surface area contributed by atoms with Gasteiger partial charge in [-0.3, -0.25) is 9.80 Å². The Morgan fingerprint density at radius 1 is 1.12 bits per heavy atom. The highest BCUT2D eigenvalue weighted by atomic mass is 32.2. The van der Waals surface area contributed by atoms with E-state index in [1.807, 2.05) is 0 Å². The van der Waals surface area contributed by atoms with Crippen LogP contribution >= 0.6 is 11.8 Å². The molecule has 3 aliphatic rings. The van der Waals surface area contributed by atoms with Gasteiger partial charge in [0.1, 0.15) is 0 Å². The minimum absolute atomic E-state index is 0.742. The maximum atomic E-state index is 3.64. The molecule has 0 radical (unpaired) electrons. The molecule has 92 valence electrons. The monoisotopic (exact) mass is 241 g/mol. The average Bonchev–Trinajstić information content (AvgIpc) is 3.15. The van der Waals surface area contributed by atoms with Gasteiger partial charge in [0.05, 0.1) is 0 Å². The van der Waals surface area contributed by atoms with Gasteiger partial charge >= 0.3 is 0 Å². The van der Waals surface area contributed by atoms with E-state index in [1.54, 1.807) is 0 Å². The van der Waals surface area contributed by atoms with E-state index in [-0.39, 0.29) is 0 Å². The highest BCUT2D eigenvalue weighted by Crippen LogP contribution is 2.27. The SMILES string of the molecule is C1CSCC(CN2CCN(C3CC3)CC2)N1. The fourth-order valence-electron chi connectivity index (χ4n) is 2.80. The van der Waals surface area contributed by atoms with Crippen LogP contribution in [-0.2, 0) is 0 Å².